The molecule has 110 valence electrons. The summed E-state index contributed by atoms with van der Waals surface area (Å²) < 4.78 is 0. The van der Waals surface area contributed by atoms with Gasteiger partial charge in [-0.25, -0.2) is 9.97 Å². The van der Waals surface area contributed by atoms with Crippen LogP contribution in [0.2, 0.25) is 0 Å². The van der Waals surface area contributed by atoms with Gasteiger partial charge in [0.05, 0.1) is 5.52 Å². The number of nitrogens with one attached hydrogen (secondary N) is 1. The van der Waals surface area contributed by atoms with E-state index in [1.54, 1.807) is 6.33 Å². The maximum absolute atomic E-state index is 11.1. The minimum atomic E-state index is -0.0808. The van der Waals surface area contributed by atoms with Crippen LogP contribution in [0.4, 0.5) is 11.5 Å². The number of anilines is 2. The number of carbonyl (C=O) groups excluding carboxylic acids is 1. The smallest absolute Gasteiger partial charge is 0.221 e. The number of piperazine rings is 1. The van der Waals surface area contributed by atoms with E-state index in [1.807, 2.05) is 18.2 Å². The number of rotatable bonds is 2. The lowest BCUT2D eigenvalue weighted by atomic mass is 10.2. The average molecular weight is 285 g/mol. The SMILES string of the molecule is CC(=O)Nc1ccc2c(N3CCN(C)CC3)ncnc2c1. The summed E-state index contributed by atoms with van der Waals surface area (Å²) in [6.07, 6.45) is 1.59. The molecule has 3 rings (SSSR count). The molecule has 0 bridgehead atoms. The predicted octanol–water partition coefficient (Wildman–Crippen LogP) is 1.34. The Morgan fingerprint density at radius 2 is 1.95 bits per heavy atom. The summed E-state index contributed by atoms with van der Waals surface area (Å²) in [6, 6.07) is 5.76. The molecule has 1 amide bonds. The molecule has 1 fully saturated rings. The van der Waals surface area contributed by atoms with Gasteiger partial charge in [-0.1, -0.05) is 0 Å². The zero-order chi connectivity index (χ0) is 14.8. The van der Waals surface area contributed by atoms with E-state index in [4.69, 9.17) is 0 Å². The minimum Gasteiger partial charge on any atom is -0.353 e. The molecular weight excluding hydrogens is 266 g/mol. The molecule has 0 spiro atoms. The molecular formula is C15H19N5O. The van der Waals surface area contributed by atoms with Crippen LogP contribution in [-0.4, -0.2) is 54.0 Å². The summed E-state index contributed by atoms with van der Waals surface area (Å²) in [5.41, 5.74) is 1.61. The van der Waals surface area contributed by atoms with E-state index in [-0.39, 0.29) is 5.91 Å². The number of hydrogen-bond donors (Lipinski definition) is 1. The van der Waals surface area contributed by atoms with Crippen LogP contribution in [-0.2, 0) is 4.79 Å². The third-order valence-electron chi connectivity index (χ3n) is 3.74. The molecule has 0 unspecified atom stereocenters. The van der Waals surface area contributed by atoms with Crippen LogP contribution in [0.1, 0.15) is 6.92 Å². The largest absolute Gasteiger partial charge is 0.353 e. The number of fused-ring (bicyclic) bond motifs is 1. The summed E-state index contributed by atoms with van der Waals surface area (Å²) in [5, 5.41) is 3.81. The fraction of sp³-hybridized carbons (Fsp3) is 0.400. The van der Waals surface area contributed by atoms with Crippen molar-refractivity contribution in [2.45, 2.75) is 6.92 Å². The molecule has 1 aliphatic rings. The van der Waals surface area contributed by atoms with Crippen LogP contribution < -0.4 is 10.2 Å². The highest BCUT2D eigenvalue weighted by atomic mass is 16.1. The molecule has 0 saturated carbocycles. The Morgan fingerprint density at radius 3 is 2.67 bits per heavy atom. The second-order valence-corrected chi connectivity index (χ2v) is 5.40. The van der Waals surface area contributed by atoms with Gasteiger partial charge in [0.25, 0.3) is 0 Å². The standard InChI is InChI=1S/C15H19N5O/c1-11(21)18-12-3-4-13-14(9-12)16-10-17-15(13)20-7-5-19(2)6-8-20/h3-4,9-10H,5-8H2,1-2H3,(H,18,21). The second kappa shape index (κ2) is 5.65. The van der Waals surface area contributed by atoms with E-state index in [2.05, 4.69) is 32.1 Å². The summed E-state index contributed by atoms with van der Waals surface area (Å²) in [5.74, 6) is 0.894. The molecule has 6 heteroatoms. The van der Waals surface area contributed by atoms with Gasteiger partial charge in [0, 0.05) is 44.2 Å². The molecule has 21 heavy (non-hydrogen) atoms. The van der Waals surface area contributed by atoms with E-state index >= 15 is 0 Å². The first-order chi connectivity index (χ1) is 10.1. The Morgan fingerprint density at radius 1 is 1.19 bits per heavy atom. The van der Waals surface area contributed by atoms with Gasteiger partial charge in [-0.3, -0.25) is 4.79 Å². The topological polar surface area (TPSA) is 61.4 Å². The van der Waals surface area contributed by atoms with Gasteiger partial charge >= 0.3 is 0 Å². The van der Waals surface area contributed by atoms with Crippen molar-refractivity contribution in [3.8, 4) is 0 Å². The van der Waals surface area contributed by atoms with E-state index in [0.29, 0.717) is 0 Å². The summed E-state index contributed by atoms with van der Waals surface area (Å²) in [7, 11) is 2.13. The highest BCUT2D eigenvalue weighted by molar-refractivity contribution is 5.95. The Labute approximate surface area is 123 Å². The Kier molecular flexibility index (Phi) is 3.70. The lowest BCUT2D eigenvalue weighted by molar-refractivity contribution is -0.114. The number of aromatic nitrogens is 2. The number of hydrogen-bond acceptors (Lipinski definition) is 5. The minimum absolute atomic E-state index is 0.0808. The van der Waals surface area contributed by atoms with Crippen molar-refractivity contribution in [1.29, 1.82) is 0 Å². The molecule has 6 nitrogen and oxygen atoms in total. The van der Waals surface area contributed by atoms with Gasteiger partial charge in [0.2, 0.25) is 5.91 Å². The highest BCUT2D eigenvalue weighted by Crippen LogP contribution is 2.26. The van der Waals surface area contributed by atoms with Crippen molar-refractivity contribution in [2.24, 2.45) is 0 Å². The van der Waals surface area contributed by atoms with Crippen molar-refractivity contribution in [1.82, 2.24) is 14.9 Å². The first kappa shape index (κ1) is 13.8. The lowest BCUT2D eigenvalue weighted by Gasteiger charge is -2.33. The second-order valence-electron chi connectivity index (χ2n) is 5.40. The molecule has 1 aromatic carbocycles. The summed E-state index contributed by atoms with van der Waals surface area (Å²) in [6.45, 7) is 5.51. The lowest BCUT2D eigenvalue weighted by Crippen LogP contribution is -2.44. The fourth-order valence-electron chi connectivity index (χ4n) is 2.59. The van der Waals surface area contributed by atoms with Crippen molar-refractivity contribution >= 4 is 28.3 Å². The molecule has 1 aromatic heterocycles. The molecule has 1 saturated heterocycles. The molecule has 1 aliphatic heterocycles. The van der Waals surface area contributed by atoms with Gasteiger partial charge in [0.15, 0.2) is 0 Å². The Bertz CT molecular complexity index is 664. The number of benzene rings is 1. The third kappa shape index (κ3) is 2.95. The number of amides is 1. The van der Waals surface area contributed by atoms with Crippen molar-refractivity contribution in [3.63, 3.8) is 0 Å². The van der Waals surface area contributed by atoms with Crippen molar-refractivity contribution in [3.05, 3.63) is 24.5 Å². The monoisotopic (exact) mass is 285 g/mol. The maximum atomic E-state index is 11.1. The molecule has 1 N–H and O–H groups in total. The van der Waals surface area contributed by atoms with Gasteiger partial charge in [-0.05, 0) is 25.2 Å². The van der Waals surface area contributed by atoms with E-state index in [0.717, 1.165) is 48.6 Å². The number of nitrogens with zero attached hydrogens (tertiary/aromatic N) is 4. The first-order valence-corrected chi connectivity index (χ1v) is 7.09. The molecule has 2 aromatic rings. The van der Waals surface area contributed by atoms with Crippen LogP contribution in [0.25, 0.3) is 10.9 Å². The maximum Gasteiger partial charge on any atom is 0.221 e. The summed E-state index contributed by atoms with van der Waals surface area (Å²) in [4.78, 5) is 24.5. The molecule has 0 aliphatic carbocycles. The van der Waals surface area contributed by atoms with Crippen LogP contribution >= 0.6 is 0 Å². The van der Waals surface area contributed by atoms with E-state index in [1.165, 1.54) is 6.92 Å². The number of carbonyl (C=O) groups is 1. The van der Waals surface area contributed by atoms with Crippen LogP contribution in [0.3, 0.4) is 0 Å². The van der Waals surface area contributed by atoms with Crippen LogP contribution in [0.15, 0.2) is 24.5 Å². The van der Waals surface area contributed by atoms with E-state index < -0.39 is 0 Å². The average Bonchev–Trinajstić information content (AvgIpc) is 2.46. The highest BCUT2D eigenvalue weighted by Gasteiger charge is 2.17. The third-order valence-corrected chi connectivity index (χ3v) is 3.74. The Hall–Kier alpha value is -2.21. The zero-order valence-corrected chi connectivity index (χ0v) is 12.3. The summed E-state index contributed by atoms with van der Waals surface area (Å²) >= 11 is 0. The first-order valence-electron chi connectivity index (χ1n) is 7.09. The molecule has 0 atom stereocenters. The fourth-order valence-corrected chi connectivity index (χ4v) is 2.59. The normalized spacial score (nSPS) is 16.2. The Balaban J connectivity index is 1.94. The van der Waals surface area contributed by atoms with Crippen LogP contribution in [0, 0.1) is 0 Å². The zero-order valence-electron chi connectivity index (χ0n) is 12.3. The van der Waals surface area contributed by atoms with Crippen LogP contribution in [0.5, 0.6) is 0 Å². The molecule has 2 heterocycles. The van der Waals surface area contributed by atoms with Gasteiger partial charge in [0.1, 0.15) is 12.1 Å². The quantitative estimate of drug-likeness (QED) is 0.902. The number of likely N-dealkylation sites (N-methyl/N-ethyl adjacent to an activating group) is 1. The van der Waals surface area contributed by atoms with Gasteiger partial charge in [-0.2, -0.15) is 0 Å². The van der Waals surface area contributed by atoms with Gasteiger partial charge < -0.3 is 15.1 Å². The van der Waals surface area contributed by atoms with Gasteiger partial charge in [-0.15, -0.1) is 0 Å². The molecule has 0 radical (unpaired) electrons. The van der Waals surface area contributed by atoms with Crippen molar-refractivity contribution in [2.75, 3.05) is 43.4 Å². The van der Waals surface area contributed by atoms with Crippen molar-refractivity contribution < 1.29 is 4.79 Å². The predicted molar refractivity (Wildman–Crippen MR) is 83.6 cm³/mol. The van der Waals surface area contributed by atoms with E-state index in [9.17, 15) is 4.79 Å².